The summed E-state index contributed by atoms with van der Waals surface area (Å²) in [6, 6.07) is 7.59. The fourth-order valence-electron chi connectivity index (χ4n) is 3.04. The van der Waals surface area contributed by atoms with Crippen LogP contribution in [0.1, 0.15) is 25.3 Å². The fourth-order valence-corrected chi connectivity index (χ4v) is 3.04. The van der Waals surface area contributed by atoms with Gasteiger partial charge < -0.3 is 15.5 Å². The molecule has 0 spiro atoms. The van der Waals surface area contributed by atoms with Crippen LogP contribution in [0.25, 0.3) is 0 Å². The van der Waals surface area contributed by atoms with E-state index in [1.807, 2.05) is 29.2 Å². The van der Waals surface area contributed by atoms with E-state index in [4.69, 9.17) is 5.73 Å². The van der Waals surface area contributed by atoms with Crippen LogP contribution in [0.15, 0.2) is 24.3 Å². The maximum absolute atomic E-state index is 12.3. The number of nitrogens with two attached hydrogens (primary N) is 1. The van der Waals surface area contributed by atoms with Gasteiger partial charge in [-0.3, -0.25) is 4.79 Å². The van der Waals surface area contributed by atoms with Crippen molar-refractivity contribution in [1.82, 2.24) is 9.80 Å². The van der Waals surface area contributed by atoms with Gasteiger partial charge in [0.15, 0.2) is 0 Å². The van der Waals surface area contributed by atoms with E-state index in [2.05, 4.69) is 18.9 Å². The number of halogens is 2. The van der Waals surface area contributed by atoms with Gasteiger partial charge in [0.25, 0.3) is 0 Å². The molecule has 4 nitrogen and oxygen atoms in total. The van der Waals surface area contributed by atoms with Crippen LogP contribution in [0.2, 0.25) is 0 Å². The van der Waals surface area contributed by atoms with Crippen LogP contribution < -0.4 is 5.73 Å². The Bertz CT molecular complexity index is 467. The highest BCUT2D eigenvalue weighted by atomic mass is 35.5. The van der Waals surface area contributed by atoms with Crippen LogP contribution in [0.5, 0.6) is 0 Å². The van der Waals surface area contributed by atoms with Crippen molar-refractivity contribution in [3.8, 4) is 0 Å². The standard InChI is InChI=1S/C17H27N3O.2ClH/c1-3-9-19(2)12-15-8-10-20(13-15)17(21)11-14-4-6-16(18)7-5-14;;/h4-7,15H,3,8-13,18H2,1-2H3;2*1H. The summed E-state index contributed by atoms with van der Waals surface area (Å²) in [5.74, 6) is 0.859. The van der Waals surface area contributed by atoms with Gasteiger partial charge in [-0.2, -0.15) is 0 Å². The van der Waals surface area contributed by atoms with Crippen molar-refractivity contribution < 1.29 is 4.79 Å². The van der Waals surface area contributed by atoms with E-state index in [1.54, 1.807) is 0 Å². The number of carbonyl (C=O) groups is 1. The minimum Gasteiger partial charge on any atom is -0.399 e. The Labute approximate surface area is 152 Å². The maximum Gasteiger partial charge on any atom is 0.226 e. The number of hydrogen-bond acceptors (Lipinski definition) is 3. The number of nitrogen functional groups attached to an aromatic ring is 1. The molecule has 1 amide bonds. The summed E-state index contributed by atoms with van der Waals surface area (Å²) in [6.07, 6.45) is 2.79. The number of likely N-dealkylation sites (tertiary alicyclic amines) is 1. The zero-order chi connectivity index (χ0) is 15.2. The van der Waals surface area contributed by atoms with Crippen molar-refractivity contribution in [3.63, 3.8) is 0 Å². The van der Waals surface area contributed by atoms with Crippen molar-refractivity contribution in [1.29, 1.82) is 0 Å². The largest absolute Gasteiger partial charge is 0.399 e. The van der Waals surface area contributed by atoms with Crippen LogP contribution in [-0.2, 0) is 11.2 Å². The molecule has 1 aliphatic heterocycles. The van der Waals surface area contributed by atoms with Gasteiger partial charge in [-0.25, -0.2) is 0 Å². The Morgan fingerprint density at radius 2 is 1.96 bits per heavy atom. The Kier molecular flexibility index (Phi) is 10.3. The lowest BCUT2D eigenvalue weighted by molar-refractivity contribution is -0.129. The average Bonchev–Trinajstić information content (AvgIpc) is 2.90. The number of rotatable bonds is 6. The maximum atomic E-state index is 12.3. The number of amides is 1. The Balaban J connectivity index is 0.00000242. The predicted octanol–water partition coefficient (Wildman–Crippen LogP) is 2.85. The van der Waals surface area contributed by atoms with E-state index in [1.165, 1.54) is 6.42 Å². The molecule has 23 heavy (non-hydrogen) atoms. The molecule has 1 atom stereocenters. The van der Waals surface area contributed by atoms with Crippen molar-refractivity contribution >= 4 is 36.4 Å². The highest BCUT2D eigenvalue weighted by Gasteiger charge is 2.26. The molecule has 1 aromatic carbocycles. The first-order valence-electron chi connectivity index (χ1n) is 7.89. The summed E-state index contributed by atoms with van der Waals surface area (Å²) < 4.78 is 0. The number of hydrogen-bond donors (Lipinski definition) is 1. The lowest BCUT2D eigenvalue weighted by Gasteiger charge is -2.21. The minimum absolute atomic E-state index is 0. The number of carbonyl (C=O) groups excluding carboxylic acids is 1. The summed E-state index contributed by atoms with van der Waals surface area (Å²) in [6.45, 7) is 6.24. The van der Waals surface area contributed by atoms with Crippen molar-refractivity contribution in [2.45, 2.75) is 26.2 Å². The highest BCUT2D eigenvalue weighted by Crippen LogP contribution is 2.18. The summed E-state index contributed by atoms with van der Waals surface area (Å²) in [4.78, 5) is 16.7. The SMILES string of the molecule is CCCN(C)CC1CCN(C(=O)Cc2ccc(N)cc2)C1.Cl.Cl. The molecule has 1 unspecified atom stereocenters. The molecule has 0 saturated carbocycles. The Hall–Kier alpha value is -0.970. The first-order valence-corrected chi connectivity index (χ1v) is 7.89. The molecule has 1 aromatic rings. The van der Waals surface area contributed by atoms with Gasteiger partial charge in [-0.05, 0) is 50.0 Å². The van der Waals surface area contributed by atoms with Crippen molar-refractivity contribution in [2.24, 2.45) is 5.92 Å². The molecule has 1 saturated heterocycles. The summed E-state index contributed by atoms with van der Waals surface area (Å²) >= 11 is 0. The van der Waals surface area contributed by atoms with Crippen LogP contribution in [0.3, 0.4) is 0 Å². The van der Waals surface area contributed by atoms with Crippen LogP contribution >= 0.6 is 24.8 Å². The van der Waals surface area contributed by atoms with E-state index in [-0.39, 0.29) is 30.7 Å². The van der Waals surface area contributed by atoms with Gasteiger partial charge in [0.1, 0.15) is 0 Å². The van der Waals surface area contributed by atoms with Crippen LogP contribution in [-0.4, -0.2) is 48.9 Å². The summed E-state index contributed by atoms with van der Waals surface area (Å²) in [5.41, 5.74) is 7.45. The molecule has 0 radical (unpaired) electrons. The number of benzene rings is 1. The van der Waals surface area contributed by atoms with E-state index >= 15 is 0 Å². The second-order valence-corrected chi connectivity index (χ2v) is 6.18. The number of anilines is 1. The molecule has 1 heterocycles. The topological polar surface area (TPSA) is 49.6 Å². The molecule has 6 heteroatoms. The Morgan fingerprint density at radius 3 is 2.57 bits per heavy atom. The minimum atomic E-state index is 0. The molecular weight excluding hydrogens is 333 g/mol. The summed E-state index contributed by atoms with van der Waals surface area (Å²) in [5, 5.41) is 0. The van der Waals surface area contributed by atoms with Gasteiger partial charge in [0.05, 0.1) is 6.42 Å². The van der Waals surface area contributed by atoms with Gasteiger partial charge in [0, 0.05) is 25.3 Å². The van der Waals surface area contributed by atoms with Crippen molar-refractivity contribution in [2.75, 3.05) is 39.0 Å². The zero-order valence-corrected chi connectivity index (χ0v) is 15.7. The average molecular weight is 362 g/mol. The molecular formula is C17H29Cl2N3O. The van der Waals surface area contributed by atoms with E-state index in [0.29, 0.717) is 12.3 Å². The van der Waals surface area contributed by atoms with Gasteiger partial charge in [0.2, 0.25) is 5.91 Å². The third-order valence-corrected chi connectivity index (χ3v) is 4.15. The van der Waals surface area contributed by atoms with E-state index in [0.717, 1.165) is 43.9 Å². The molecule has 2 rings (SSSR count). The molecule has 1 fully saturated rings. The fraction of sp³-hybridized carbons (Fsp3) is 0.588. The monoisotopic (exact) mass is 361 g/mol. The highest BCUT2D eigenvalue weighted by molar-refractivity contribution is 5.85. The molecule has 1 aliphatic rings. The third kappa shape index (κ3) is 6.98. The molecule has 0 bridgehead atoms. The predicted molar refractivity (Wildman–Crippen MR) is 102 cm³/mol. The van der Waals surface area contributed by atoms with E-state index < -0.39 is 0 Å². The number of nitrogens with zero attached hydrogens (tertiary/aromatic N) is 2. The van der Waals surface area contributed by atoms with Gasteiger partial charge in [-0.1, -0.05) is 19.1 Å². The molecule has 2 N–H and O–H groups in total. The molecule has 132 valence electrons. The van der Waals surface area contributed by atoms with E-state index in [9.17, 15) is 4.79 Å². The third-order valence-electron chi connectivity index (χ3n) is 4.15. The second-order valence-electron chi connectivity index (χ2n) is 6.18. The van der Waals surface area contributed by atoms with Gasteiger partial charge >= 0.3 is 0 Å². The first kappa shape index (κ1) is 22.0. The Morgan fingerprint density at radius 1 is 1.30 bits per heavy atom. The zero-order valence-electron chi connectivity index (χ0n) is 14.0. The first-order chi connectivity index (χ1) is 10.1. The van der Waals surface area contributed by atoms with Crippen molar-refractivity contribution in [3.05, 3.63) is 29.8 Å². The lowest BCUT2D eigenvalue weighted by Crippen LogP contribution is -2.32. The van der Waals surface area contributed by atoms with Crippen LogP contribution in [0.4, 0.5) is 5.69 Å². The smallest absolute Gasteiger partial charge is 0.226 e. The van der Waals surface area contributed by atoms with Gasteiger partial charge in [-0.15, -0.1) is 24.8 Å². The quantitative estimate of drug-likeness (QED) is 0.792. The summed E-state index contributed by atoms with van der Waals surface area (Å²) in [7, 11) is 2.17. The second kappa shape index (κ2) is 10.7. The van der Waals surface area contributed by atoms with Crippen LogP contribution in [0, 0.1) is 5.92 Å². The molecule has 0 aliphatic carbocycles. The lowest BCUT2D eigenvalue weighted by atomic mass is 10.1. The normalized spacial score (nSPS) is 16.8. The molecule has 0 aromatic heterocycles.